The summed E-state index contributed by atoms with van der Waals surface area (Å²) in [5.74, 6) is 1.49. The van der Waals surface area contributed by atoms with Crippen LogP contribution >= 0.6 is 11.8 Å². The van der Waals surface area contributed by atoms with Crippen LogP contribution in [0.25, 0.3) is 22.5 Å². The smallest absolute Gasteiger partial charge is 0.316 e. The Morgan fingerprint density at radius 2 is 1.82 bits per heavy atom. The minimum Gasteiger partial charge on any atom is -0.316 e. The van der Waals surface area contributed by atoms with Crippen molar-refractivity contribution in [2.45, 2.75) is 40.3 Å². The van der Waals surface area contributed by atoms with Crippen LogP contribution in [0.1, 0.15) is 32.8 Å². The average molecular weight is 459 g/mol. The molecule has 2 aromatic carbocycles. The molecule has 3 aromatic rings. The molecule has 1 amide bonds. The summed E-state index contributed by atoms with van der Waals surface area (Å²) in [7, 11) is 1.25. The summed E-state index contributed by atoms with van der Waals surface area (Å²) < 4.78 is 1.86. The average Bonchev–Trinajstić information content (AvgIpc) is 3.24. The van der Waals surface area contributed by atoms with Gasteiger partial charge in [0.15, 0.2) is 5.81 Å². The molecule has 0 spiro atoms. The third kappa shape index (κ3) is 4.90. The highest BCUT2D eigenvalue weighted by atomic mass is 32.2. The molecule has 0 bridgehead atoms. The van der Waals surface area contributed by atoms with Crippen LogP contribution in [0.15, 0.2) is 48.5 Å². The second kappa shape index (κ2) is 10.4. The summed E-state index contributed by atoms with van der Waals surface area (Å²) >= 11 is 1.59. The number of benzene rings is 2. The van der Waals surface area contributed by atoms with Crippen LogP contribution in [-0.4, -0.2) is 45.3 Å². The molecule has 0 saturated heterocycles. The Balaban J connectivity index is 1.69. The lowest BCUT2D eigenvalue weighted by atomic mass is 9.72. The number of carbonyl (C=O) groups is 2. The SMILES string of the molecule is CCC(C)CSCC(=O)[B]C(=O)N1Cc2ccccc2-c2nnn(CC)c2-c2ccccc21. The predicted molar refractivity (Wildman–Crippen MR) is 136 cm³/mol. The highest BCUT2D eigenvalue weighted by Crippen LogP contribution is 2.41. The van der Waals surface area contributed by atoms with E-state index in [-0.39, 0.29) is 11.5 Å². The van der Waals surface area contributed by atoms with Gasteiger partial charge in [-0.2, -0.15) is 11.8 Å². The van der Waals surface area contributed by atoms with E-state index in [2.05, 4.69) is 24.2 Å². The van der Waals surface area contributed by atoms with E-state index >= 15 is 0 Å². The van der Waals surface area contributed by atoms with Crippen LogP contribution in [0.2, 0.25) is 0 Å². The first kappa shape index (κ1) is 23.3. The van der Waals surface area contributed by atoms with Gasteiger partial charge >= 0.3 is 7.28 Å². The molecule has 2 heterocycles. The maximum atomic E-state index is 13.4. The number of fused-ring (bicyclic) bond motifs is 5. The van der Waals surface area contributed by atoms with E-state index in [0.717, 1.165) is 45.9 Å². The molecule has 4 rings (SSSR count). The third-order valence-corrected chi connectivity index (χ3v) is 7.27. The molecule has 1 aromatic heterocycles. The molecule has 1 aliphatic heterocycles. The van der Waals surface area contributed by atoms with Crippen LogP contribution in [-0.2, 0) is 17.9 Å². The normalized spacial score (nSPS) is 13.2. The first-order chi connectivity index (χ1) is 16.0. The van der Waals surface area contributed by atoms with E-state index in [1.54, 1.807) is 16.7 Å². The van der Waals surface area contributed by atoms with Gasteiger partial charge in [0.1, 0.15) is 11.4 Å². The number of para-hydroxylation sites is 1. The fourth-order valence-corrected chi connectivity index (χ4v) is 5.01. The molecular weight excluding hydrogens is 431 g/mol. The van der Waals surface area contributed by atoms with Gasteiger partial charge < -0.3 is 9.69 Å². The van der Waals surface area contributed by atoms with E-state index in [1.807, 2.05) is 60.1 Å². The van der Waals surface area contributed by atoms with Crippen molar-refractivity contribution in [2.24, 2.45) is 5.92 Å². The van der Waals surface area contributed by atoms with E-state index in [4.69, 9.17) is 0 Å². The minimum absolute atomic E-state index is 0.151. The number of carbonyl (C=O) groups excluding carboxylic acids is 2. The Kier molecular flexibility index (Phi) is 7.33. The Hall–Kier alpha value is -2.87. The third-order valence-electron chi connectivity index (χ3n) is 5.98. The standard InChI is InChI=1S/C25H28BN4O2S/c1-4-17(3)15-33-16-22(31)26-25(32)29-14-18-10-6-7-11-19(18)23-24(30(5-2)28-27-23)20-12-8-9-13-21(20)29/h6-13,17H,4-5,14-16H2,1-3H3. The Bertz CT molecular complexity index is 1160. The number of anilines is 1. The summed E-state index contributed by atoms with van der Waals surface area (Å²) in [6.07, 6.45) is 1.08. The molecule has 1 atom stereocenters. The summed E-state index contributed by atoms with van der Waals surface area (Å²) in [6, 6.07) is 15.7. The summed E-state index contributed by atoms with van der Waals surface area (Å²) in [5, 5.41) is 8.86. The van der Waals surface area contributed by atoms with Crippen molar-refractivity contribution in [3.8, 4) is 22.5 Å². The Labute approximate surface area is 200 Å². The quantitative estimate of drug-likeness (QED) is 0.440. The molecular formula is C25H28BN4O2S. The largest absolute Gasteiger partial charge is 0.322 e. The molecule has 1 aliphatic rings. The van der Waals surface area contributed by atoms with E-state index in [9.17, 15) is 9.59 Å². The van der Waals surface area contributed by atoms with Crippen molar-refractivity contribution in [2.75, 3.05) is 16.4 Å². The number of hydrogen-bond acceptors (Lipinski definition) is 5. The lowest BCUT2D eigenvalue weighted by Gasteiger charge is -2.28. The van der Waals surface area contributed by atoms with Crippen molar-refractivity contribution >= 4 is 36.2 Å². The molecule has 33 heavy (non-hydrogen) atoms. The molecule has 1 unspecified atom stereocenters. The molecule has 0 saturated carbocycles. The number of aromatic nitrogens is 3. The van der Waals surface area contributed by atoms with Gasteiger partial charge in [0.25, 0.3) is 0 Å². The second-order valence-electron chi connectivity index (χ2n) is 8.34. The van der Waals surface area contributed by atoms with Crippen molar-refractivity contribution in [3.05, 3.63) is 54.1 Å². The van der Waals surface area contributed by atoms with Gasteiger partial charge in [-0.05, 0) is 30.2 Å². The fourth-order valence-electron chi connectivity index (χ4n) is 3.97. The summed E-state index contributed by atoms with van der Waals surface area (Å²) in [6.45, 7) is 7.35. The van der Waals surface area contributed by atoms with Crippen molar-refractivity contribution in [1.29, 1.82) is 0 Å². The monoisotopic (exact) mass is 459 g/mol. The molecule has 0 fully saturated rings. The summed E-state index contributed by atoms with van der Waals surface area (Å²) in [4.78, 5) is 27.7. The van der Waals surface area contributed by atoms with Crippen LogP contribution in [0.3, 0.4) is 0 Å². The van der Waals surface area contributed by atoms with E-state index in [0.29, 0.717) is 24.8 Å². The van der Waals surface area contributed by atoms with Gasteiger partial charge in [-0.3, -0.25) is 4.79 Å². The van der Waals surface area contributed by atoms with E-state index < -0.39 is 0 Å². The topological polar surface area (TPSA) is 68.1 Å². The first-order valence-electron chi connectivity index (χ1n) is 11.4. The van der Waals surface area contributed by atoms with Gasteiger partial charge in [-0.25, -0.2) is 4.68 Å². The number of nitrogens with zero attached hydrogens (tertiary/aromatic N) is 4. The second-order valence-corrected chi connectivity index (χ2v) is 9.37. The van der Waals surface area contributed by atoms with Gasteiger partial charge in [-0.1, -0.05) is 67.9 Å². The van der Waals surface area contributed by atoms with Gasteiger partial charge in [0, 0.05) is 23.4 Å². The number of rotatable bonds is 8. The van der Waals surface area contributed by atoms with Crippen LogP contribution in [0, 0.1) is 5.92 Å². The Morgan fingerprint density at radius 3 is 2.58 bits per heavy atom. The minimum atomic E-state index is -0.301. The highest BCUT2D eigenvalue weighted by molar-refractivity contribution is 8.00. The van der Waals surface area contributed by atoms with Crippen LogP contribution in [0.5, 0.6) is 0 Å². The van der Waals surface area contributed by atoms with E-state index in [1.165, 1.54) is 7.28 Å². The number of thioether (sulfide) groups is 1. The lowest BCUT2D eigenvalue weighted by Crippen LogP contribution is -2.38. The fraction of sp³-hybridized carbons (Fsp3) is 0.360. The number of hydrogen-bond donors (Lipinski definition) is 0. The van der Waals surface area contributed by atoms with Crippen LogP contribution in [0.4, 0.5) is 10.5 Å². The van der Waals surface area contributed by atoms with Gasteiger partial charge in [-0.15, -0.1) is 5.10 Å². The maximum absolute atomic E-state index is 13.4. The first-order valence-corrected chi connectivity index (χ1v) is 12.6. The zero-order chi connectivity index (χ0) is 23.4. The number of amides is 1. The van der Waals surface area contributed by atoms with Gasteiger partial charge in [0.2, 0.25) is 0 Å². The Morgan fingerprint density at radius 1 is 1.09 bits per heavy atom. The lowest BCUT2D eigenvalue weighted by molar-refractivity contribution is -0.109. The number of aryl methyl sites for hydroxylation is 1. The molecule has 0 aliphatic carbocycles. The van der Waals surface area contributed by atoms with Crippen LogP contribution < -0.4 is 4.90 Å². The molecule has 1 radical (unpaired) electrons. The van der Waals surface area contributed by atoms with Crippen molar-refractivity contribution < 1.29 is 9.59 Å². The van der Waals surface area contributed by atoms with Gasteiger partial charge in [0.05, 0.1) is 17.9 Å². The summed E-state index contributed by atoms with van der Waals surface area (Å²) in [5.41, 5.74) is 5.11. The maximum Gasteiger partial charge on any atom is 0.322 e. The molecule has 169 valence electrons. The molecule has 0 N–H and O–H groups in total. The van der Waals surface area contributed by atoms with Crippen molar-refractivity contribution in [3.63, 3.8) is 0 Å². The zero-order valence-corrected chi connectivity index (χ0v) is 20.1. The zero-order valence-electron chi connectivity index (χ0n) is 19.3. The molecule has 8 heteroatoms. The molecule has 6 nitrogen and oxygen atoms in total. The highest BCUT2D eigenvalue weighted by Gasteiger charge is 2.29. The predicted octanol–water partition coefficient (Wildman–Crippen LogP) is 5.08. The van der Waals surface area contributed by atoms with Crippen molar-refractivity contribution in [1.82, 2.24) is 15.0 Å².